The van der Waals surface area contributed by atoms with E-state index in [0.717, 1.165) is 50.5 Å². The molecule has 0 aliphatic carbocycles. The molecule has 1 aromatic rings. The fourth-order valence-corrected chi connectivity index (χ4v) is 3.09. The van der Waals surface area contributed by atoms with Crippen LogP contribution >= 0.6 is 0 Å². The number of nitrogens with zero attached hydrogens (tertiary/aromatic N) is 5. The van der Waals surface area contributed by atoms with E-state index in [1.807, 2.05) is 29.7 Å². The maximum Gasteiger partial charge on any atom is 0.320 e. The average molecular weight is 319 g/mol. The number of urea groups is 1. The van der Waals surface area contributed by atoms with E-state index < -0.39 is 0 Å². The molecule has 1 atom stereocenters. The zero-order valence-electron chi connectivity index (χ0n) is 14.2. The molecule has 2 aliphatic heterocycles. The van der Waals surface area contributed by atoms with Gasteiger partial charge in [-0.15, -0.1) is 0 Å². The van der Waals surface area contributed by atoms with Crippen molar-refractivity contribution in [3.63, 3.8) is 0 Å². The van der Waals surface area contributed by atoms with Crippen molar-refractivity contribution in [3.8, 4) is 6.01 Å². The molecule has 2 fully saturated rings. The highest BCUT2D eigenvalue weighted by Gasteiger charge is 2.31. The van der Waals surface area contributed by atoms with Gasteiger partial charge in [0.05, 0.1) is 6.54 Å². The van der Waals surface area contributed by atoms with Crippen LogP contribution in [0.25, 0.3) is 0 Å². The number of carbonyl (C=O) groups excluding carboxylic acids is 1. The molecule has 7 nitrogen and oxygen atoms in total. The quantitative estimate of drug-likeness (QED) is 0.811. The van der Waals surface area contributed by atoms with Crippen LogP contribution in [0.15, 0.2) is 6.07 Å². The molecular formula is C16H25N5O2. The van der Waals surface area contributed by atoms with Gasteiger partial charge in [-0.3, -0.25) is 0 Å². The van der Waals surface area contributed by atoms with Crippen LogP contribution in [0, 0.1) is 13.8 Å². The zero-order valence-corrected chi connectivity index (χ0v) is 14.2. The number of hydrogen-bond donors (Lipinski definition) is 0. The smallest absolute Gasteiger partial charge is 0.320 e. The van der Waals surface area contributed by atoms with Gasteiger partial charge in [-0.05, 0) is 27.0 Å². The molecule has 0 N–H and O–H groups in total. The molecule has 0 bridgehead atoms. The third-order valence-electron chi connectivity index (χ3n) is 4.42. The number of likely N-dealkylation sites (N-methyl/N-ethyl adjacent to an activating group) is 1. The predicted octanol–water partition coefficient (Wildman–Crippen LogP) is 0.914. The maximum absolute atomic E-state index is 12.6. The molecule has 7 heteroatoms. The van der Waals surface area contributed by atoms with Crippen molar-refractivity contribution in [2.75, 3.05) is 46.3 Å². The summed E-state index contributed by atoms with van der Waals surface area (Å²) in [5, 5.41) is 0. The van der Waals surface area contributed by atoms with Gasteiger partial charge in [-0.25, -0.2) is 14.8 Å². The van der Waals surface area contributed by atoms with Crippen LogP contribution in [-0.4, -0.2) is 83.1 Å². The SMILES string of the molecule is Cc1cc(C)nc(O[C@H]2CCN(C(=O)N3CCN(C)CC3)C2)n1. The van der Waals surface area contributed by atoms with Crippen molar-refractivity contribution in [1.29, 1.82) is 0 Å². The second-order valence-electron chi connectivity index (χ2n) is 6.48. The number of amides is 2. The van der Waals surface area contributed by atoms with E-state index in [1.165, 1.54) is 0 Å². The van der Waals surface area contributed by atoms with E-state index >= 15 is 0 Å². The van der Waals surface area contributed by atoms with Crippen LogP contribution in [0.2, 0.25) is 0 Å². The van der Waals surface area contributed by atoms with Gasteiger partial charge in [-0.2, -0.15) is 0 Å². The largest absolute Gasteiger partial charge is 0.458 e. The highest BCUT2D eigenvalue weighted by molar-refractivity contribution is 5.75. The lowest BCUT2D eigenvalue weighted by Gasteiger charge is -2.34. The lowest BCUT2D eigenvalue weighted by molar-refractivity contribution is 0.122. The van der Waals surface area contributed by atoms with E-state index in [4.69, 9.17) is 4.74 Å². The first kappa shape index (κ1) is 16.0. The number of rotatable bonds is 2. The van der Waals surface area contributed by atoms with Crippen molar-refractivity contribution in [3.05, 3.63) is 17.5 Å². The van der Waals surface area contributed by atoms with E-state index in [-0.39, 0.29) is 12.1 Å². The molecule has 0 spiro atoms. The second-order valence-corrected chi connectivity index (χ2v) is 6.48. The van der Waals surface area contributed by atoms with Crippen LogP contribution in [0.3, 0.4) is 0 Å². The fraction of sp³-hybridized carbons (Fsp3) is 0.688. The van der Waals surface area contributed by atoms with Gasteiger partial charge in [-0.1, -0.05) is 0 Å². The van der Waals surface area contributed by atoms with Crippen LogP contribution in [-0.2, 0) is 0 Å². The Bertz CT molecular complexity index is 551. The minimum Gasteiger partial charge on any atom is -0.458 e. The minimum absolute atomic E-state index is 0.0207. The van der Waals surface area contributed by atoms with E-state index in [1.54, 1.807) is 0 Å². The standard InChI is InChI=1S/C16H25N5O2/c1-12-10-13(2)18-15(17-12)23-14-4-5-21(11-14)16(22)20-8-6-19(3)7-9-20/h10,14H,4-9,11H2,1-3H3/t14-/m0/s1. The van der Waals surface area contributed by atoms with Gasteiger partial charge < -0.3 is 19.4 Å². The first-order chi connectivity index (χ1) is 11.0. The highest BCUT2D eigenvalue weighted by Crippen LogP contribution is 2.18. The third kappa shape index (κ3) is 3.90. The third-order valence-corrected chi connectivity index (χ3v) is 4.42. The molecule has 0 unspecified atom stereocenters. The summed E-state index contributed by atoms with van der Waals surface area (Å²) < 4.78 is 5.88. The number of carbonyl (C=O) groups is 1. The van der Waals surface area contributed by atoms with Crippen molar-refractivity contribution < 1.29 is 9.53 Å². The Hall–Kier alpha value is -1.89. The Morgan fingerprint density at radius 1 is 1.09 bits per heavy atom. The number of aryl methyl sites for hydroxylation is 2. The van der Waals surface area contributed by atoms with Crippen molar-refractivity contribution in [1.82, 2.24) is 24.7 Å². The first-order valence-corrected chi connectivity index (χ1v) is 8.22. The number of ether oxygens (including phenoxy) is 1. The average Bonchev–Trinajstić information content (AvgIpc) is 2.94. The molecule has 3 heterocycles. The molecule has 0 aromatic carbocycles. The minimum atomic E-state index is -0.0207. The highest BCUT2D eigenvalue weighted by atomic mass is 16.5. The van der Waals surface area contributed by atoms with Gasteiger partial charge in [0.2, 0.25) is 0 Å². The zero-order chi connectivity index (χ0) is 16.4. The van der Waals surface area contributed by atoms with Crippen LogP contribution in [0.4, 0.5) is 4.79 Å². The monoisotopic (exact) mass is 319 g/mol. The summed E-state index contributed by atoms with van der Waals surface area (Å²) in [4.78, 5) is 27.3. The van der Waals surface area contributed by atoms with Gasteiger partial charge in [0.25, 0.3) is 0 Å². The fourth-order valence-electron chi connectivity index (χ4n) is 3.09. The van der Waals surface area contributed by atoms with Crippen LogP contribution in [0.5, 0.6) is 6.01 Å². The summed E-state index contributed by atoms with van der Waals surface area (Å²) >= 11 is 0. The van der Waals surface area contributed by atoms with Gasteiger partial charge in [0.15, 0.2) is 0 Å². The topological polar surface area (TPSA) is 61.8 Å². The first-order valence-electron chi connectivity index (χ1n) is 8.22. The summed E-state index contributed by atoms with van der Waals surface area (Å²) in [6, 6.07) is 2.47. The number of piperazine rings is 1. The summed E-state index contributed by atoms with van der Waals surface area (Å²) in [5.41, 5.74) is 1.80. The lowest BCUT2D eigenvalue weighted by atomic mass is 10.3. The van der Waals surface area contributed by atoms with E-state index in [0.29, 0.717) is 12.6 Å². The van der Waals surface area contributed by atoms with Crippen molar-refractivity contribution in [2.45, 2.75) is 26.4 Å². The Labute approximate surface area is 137 Å². The summed E-state index contributed by atoms with van der Waals surface area (Å²) in [6.45, 7) is 8.70. The van der Waals surface area contributed by atoms with Gasteiger partial charge in [0.1, 0.15) is 6.10 Å². The van der Waals surface area contributed by atoms with Crippen molar-refractivity contribution >= 4 is 6.03 Å². The Kier molecular flexibility index (Phi) is 4.66. The van der Waals surface area contributed by atoms with Crippen molar-refractivity contribution in [2.24, 2.45) is 0 Å². The number of aromatic nitrogens is 2. The van der Waals surface area contributed by atoms with E-state index in [9.17, 15) is 4.79 Å². The van der Waals surface area contributed by atoms with Gasteiger partial charge >= 0.3 is 12.0 Å². The molecule has 2 aliphatic rings. The molecule has 0 radical (unpaired) electrons. The Balaban J connectivity index is 1.54. The summed E-state index contributed by atoms with van der Waals surface area (Å²) in [5.74, 6) is 0. The maximum atomic E-state index is 12.6. The van der Waals surface area contributed by atoms with E-state index in [2.05, 4.69) is 21.9 Å². The van der Waals surface area contributed by atoms with Crippen LogP contribution < -0.4 is 4.74 Å². The molecule has 126 valence electrons. The normalized spacial score (nSPS) is 22.5. The molecule has 2 amide bonds. The van der Waals surface area contributed by atoms with Gasteiger partial charge in [0, 0.05) is 50.5 Å². The molecule has 23 heavy (non-hydrogen) atoms. The molecular weight excluding hydrogens is 294 g/mol. The van der Waals surface area contributed by atoms with Crippen LogP contribution in [0.1, 0.15) is 17.8 Å². The Morgan fingerprint density at radius 3 is 2.39 bits per heavy atom. The number of likely N-dealkylation sites (tertiary alicyclic amines) is 1. The summed E-state index contributed by atoms with van der Waals surface area (Å²) in [7, 11) is 2.09. The molecule has 2 saturated heterocycles. The molecule has 0 saturated carbocycles. The Morgan fingerprint density at radius 2 is 1.74 bits per heavy atom. The second kappa shape index (κ2) is 6.70. The summed E-state index contributed by atoms with van der Waals surface area (Å²) in [6.07, 6.45) is 0.808. The molecule has 1 aromatic heterocycles. The lowest BCUT2D eigenvalue weighted by Crippen LogP contribution is -2.51. The molecule has 3 rings (SSSR count). The predicted molar refractivity (Wildman–Crippen MR) is 86.6 cm³/mol. The number of hydrogen-bond acceptors (Lipinski definition) is 5.